The van der Waals surface area contributed by atoms with E-state index in [4.69, 9.17) is 24.1 Å². The molecule has 1 aromatic carbocycles. The Hall–Kier alpha value is -2.58. The number of likely N-dealkylation sites (N-methyl/N-ethyl adjacent to an activating group) is 1. The summed E-state index contributed by atoms with van der Waals surface area (Å²) in [6.45, 7) is 3.97. The smallest absolute Gasteiger partial charge is 0.334 e. The SMILES string of the molecule is CC(=O)O.CCC(O[C@H]1C=C[C@H]2[C@H]3Cc4ccc(O)c5c4[C@@]2(CCN3C)[C@H]1O5)C(=O)OC. The number of carbonyl (C=O) groups excluding carboxylic acids is 1. The molecule has 2 aliphatic carbocycles. The van der Waals surface area contributed by atoms with Crippen LogP contribution in [0.1, 0.15) is 37.8 Å². The Kier molecular flexibility index (Phi) is 5.94. The molecule has 1 aromatic rings. The van der Waals surface area contributed by atoms with Crippen LogP contribution in [-0.2, 0) is 30.9 Å². The van der Waals surface area contributed by atoms with E-state index in [1.807, 2.05) is 13.0 Å². The summed E-state index contributed by atoms with van der Waals surface area (Å²) < 4.78 is 17.5. The van der Waals surface area contributed by atoms with Gasteiger partial charge in [0.1, 0.15) is 12.2 Å². The quantitative estimate of drug-likeness (QED) is 0.537. The van der Waals surface area contributed by atoms with Gasteiger partial charge in [-0.25, -0.2) is 4.79 Å². The summed E-state index contributed by atoms with van der Waals surface area (Å²) in [5, 5.41) is 17.9. The van der Waals surface area contributed by atoms with Gasteiger partial charge in [-0.2, -0.15) is 0 Å². The second kappa shape index (κ2) is 8.41. The van der Waals surface area contributed by atoms with Crippen LogP contribution in [-0.4, -0.2) is 72.1 Å². The molecule has 1 fully saturated rings. The maximum Gasteiger partial charge on any atom is 0.334 e. The summed E-state index contributed by atoms with van der Waals surface area (Å²) in [7, 11) is 3.57. The van der Waals surface area contributed by atoms with E-state index in [9.17, 15) is 9.90 Å². The third-order valence-electron chi connectivity index (χ3n) is 7.29. The van der Waals surface area contributed by atoms with Crippen LogP contribution in [0.2, 0.25) is 0 Å². The van der Waals surface area contributed by atoms with Gasteiger partial charge in [0.15, 0.2) is 17.6 Å². The van der Waals surface area contributed by atoms with Crippen molar-refractivity contribution >= 4 is 11.9 Å². The van der Waals surface area contributed by atoms with Crippen LogP contribution < -0.4 is 4.74 Å². The zero-order chi connectivity index (χ0) is 23.2. The lowest BCUT2D eigenvalue weighted by atomic mass is 9.53. The van der Waals surface area contributed by atoms with Gasteiger partial charge < -0.3 is 29.3 Å². The Balaban J connectivity index is 0.000000567. The number of methoxy groups -OCH3 is 1. The molecule has 1 saturated heterocycles. The summed E-state index contributed by atoms with van der Waals surface area (Å²) >= 11 is 0. The Morgan fingerprint density at radius 3 is 2.72 bits per heavy atom. The molecule has 4 aliphatic rings. The van der Waals surface area contributed by atoms with Gasteiger partial charge in [0.05, 0.1) is 7.11 Å². The second-order valence-electron chi connectivity index (χ2n) is 8.98. The molecule has 2 heterocycles. The Bertz CT molecular complexity index is 941. The molecule has 1 spiro atoms. The van der Waals surface area contributed by atoms with Crippen molar-refractivity contribution in [1.82, 2.24) is 4.90 Å². The number of piperidine rings is 1. The minimum Gasteiger partial charge on any atom is -0.504 e. The van der Waals surface area contributed by atoms with Crippen molar-refractivity contribution in [1.29, 1.82) is 0 Å². The molecule has 2 N–H and O–H groups in total. The molecule has 32 heavy (non-hydrogen) atoms. The number of phenolic OH excluding ortho intramolecular Hbond substituents is 1. The number of aromatic hydroxyl groups is 1. The number of carbonyl (C=O) groups is 2. The molecule has 5 rings (SSSR count). The highest BCUT2D eigenvalue weighted by Gasteiger charge is 2.64. The minimum atomic E-state index is -0.833. The lowest BCUT2D eigenvalue weighted by Crippen LogP contribution is -2.65. The fourth-order valence-corrected chi connectivity index (χ4v) is 5.98. The van der Waals surface area contributed by atoms with E-state index < -0.39 is 12.1 Å². The first-order valence-electron chi connectivity index (χ1n) is 11.1. The van der Waals surface area contributed by atoms with Gasteiger partial charge in [0.2, 0.25) is 0 Å². The normalized spacial score (nSPS) is 32.1. The highest BCUT2D eigenvalue weighted by atomic mass is 16.6. The molecule has 8 nitrogen and oxygen atoms in total. The van der Waals surface area contributed by atoms with E-state index in [0.29, 0.717) is 24.1 Å². The first-order valence-corrected chi connectivity index (χ1v) is 11.1. The van der Waals surface area contributed by atoms with Crippen molar-refractivity contribution in [2.45, 2.75) is 62.9 Å². The van der Waals surface area contributed by atoms with Gasteiger partial charge >= 0.3 is 5.97 Å². The van der Waals surface area contributed by atoms with Crippen LogP contribution in [0.5, 0.6) is 11.5 Å². The second-order valence-corrected chi connectivity index (χ2v) is 8.98. The van der Waals surface area contributed by atoms with Crippen LogP contribution in [0.4, 0.5) is 0 Å². The maximum absolute atomic E-state index is 12.1. The van der Waals surface area contributed by atoms with Gasteiger partial charge in [0.25, 0.3) is 5.97 Å². The highest BCUT2D eigenvalue weighted by molar-refractivity contribution is 5.74. The molecular formula is C24H31NO7. The molecule has 2 aliphatic heterocycles. The fraction of sp³-hybridized carbons (Fsp3) is 0.583. The number of ether oxygens (including phenoxy) is 3. The molecule has 8 heteroatoms. The molecule has 0 radical (unpaired) electrons. The molecule has 0 saturated carbocycles. The third-order valence-corrected chi connectivity index (χ3v) is 7.29. The number of carboxylic acid groups (broad SMARTS) is 1. The van der Waals surface area contributed by atoms with Crippen molar-refractivity contribution in [2.24, 2.45) is 5.92 Å². The van der Waals surface area contributed by atoms with E-state index in [-0.39, 0.29) is 29.3 Å². The molecular weight excluding hydrogens is 414 g/mol. The first-order chi connectivity index (χ1) is 15.2. The van der Waals surface area contributed by atoms with Gasteiger partial charge in [-0.15, -0.1) is 0 Å². The van der Waals surface area contributed by atoms with Crippen LogP contribution in [0.15, 0.2) is 24.3 Å². The standard InChI is InChI=1S/C22H27NO5.C2H4O2/c1-4-16(21(25)26-3)27-17-8-6-13-14-11-12-5-7-15(24)19-18(12)22(13,20(17)28-19)9-10-23(14)2;1-2(3)4/h5-8,13-14,16-17,20,24H,4,9-11H2,1-3H3;1H3,(H,3,4)/t13-,14+,16?,17-,20-,22-;/m0./s1. The van der Waals surface area contributed by atoms with Crippen LogP contribution in [0.25, 0.3) is 0 Å². The lowest BCUT2D eigenvalue weighted by molar-refractivity contribution is -0.163. The zero-order valence-corrected chi connectivity index (χ0v) is 18.9. The maximum atomic E-state index is 12.1. The predicted molar refractivity (Wildman–Crippen MR) is 116 cm³/mol. The first kappa shape index (κ1) is 22.6. The number of nitrogens with zero attached hydrogens (tertiary/aromatic N) is 1. The van der Waals surface area contributed by atoms with Crippen LogP contribution >= 0.6 is 0 Å². The summed E-state index contributed by atoms with van der Waals surface area (Å²) in [5.74, 6) is -0.0827. The van der Waals surface area contributed by atoms with Crippen molar-refractivity contribution in [3.05, 3.63) is 35.4 Å². The number of phenols is 1. The van der Waals surface area contributed by atoms with Crippen LogP contribution in [0, 0.1) is 5.92 Å². The Labute approximate surface area is 187 Å². The Morgan fingerprint density at radius 1 is 1.34 bits per heavy atom. The minimum absolute atomic E-state index is 0.192. The number of carboxylic acids is 1. The number of rotatable bonds is 4. The molecule has 0 aromatic heterocycles. The highest BCUT2D eigenvalue weighted by Crippen LogP contribution is 2.62. The number of likely N-dealkylation sites (tertiary alicyclic amines) is 1. The summed E-state index contributed by atoms with van der Waals surface area (Å²) in [5.41, 5.74) is 2.21. The van der Waals surface area contributed by atoms with Gasteiger partial charge in [-0.05, 0) is 44.5 Å². The van der Waals surface area contributed by atoms with Gasteiger partial charge in [-0.3, -0.25) is 4.79 Å². The number of hydrogen-bond acceptors (Lipinski definition) is 7. The number of hydrogen-bond donors (Lipinski definition) is 2. The number of benzene rings is 1. The van der Waals surface area contributed by atoms with Crippen molar-refractivity contribution < 1.29 is 34.0 Å². The zero-order valence-electron chi connectivity index (χ0n) is 18.9. The van der Waals surface area contributed by atoms with E-state index in [1.54, 1.807) is 6.07 Å². The van der Waals surface area contributed by atoms with Gasteiger partial charge in [-0.1, -0.05) is 25.1 Å². The van der Waals surface area contributed by atoms with E-state index in [2.05, 4.69) is 24.1 Å². The average molecular weight is 446 g/mol. The largest absolute Gasteiger partial charge is 0.504 e. The summed E-state index contributed by atoms with van der Waals surface area (Å²) in [6.07, 6.45) is 5.51. The topological polar surface area (TPSA) is 106 Å². The monoisotopic (exact) mass is 445 g/mol. The van der Waals surface area contributed by atoms with Crippen LogP contribution in [0.3, 0.4) is 0 Å². The summed E-state index contributed by atoms with van der Waals surface area (Å²) in [6, 6.07) is 4.19. The number of aliphatic carboxylic acids is 1. The Morgan fingerprint density at radius 2 is 2.06 bits per heavy atom. The molecule has 0 amide bonds. The van der Waals surface area contributed by atoms with Crippen molar-refractivity contribution in [3.8, 4) is 11.5 Å². The van der Waals surface area contributed by atoms with Crippen molar-refractivity contribution in [3.63, 3.8) is 0 Å². The molecule has 1 unspecified atom stereocenters. The molecule has 6 atom stereocenters. The fourth-order valence-electron chi connectivity index (χ4n) is 5.98. The third kappa shape index (κ3) is 3.36. The molecule has 174 valence electrons. The lowest BCUT2D eigenvalue weighted by Gasteiger charge is -2.57. The van der Waals surface area contributed by atoms with E-state index >= 15 is 0 Å². The predicted octanol–water partition coefficient (Wildman–Crippen LogP) is 2.26. The van der Waals surface area contributed by atoms with Gasteiger partial charge in [0, 0.05) is 29.9 Å². The van der Waals surface area contributed by atoms with E-state index in [1.165, 1.54) is 12.7 Å². The molecule has 2 bridgehead atoms. The average Bonchev–Trinajstić information content (AvgIpc) is 3.11. The van der Waals surface area contributed by atoms with E-state index in [0.717, 1.165) is 31.9 Å². The number of esters is 1. The summed E-state index contributed by atoms with van der Waals surface area (Å²) in [4.78, 5) is 23.5. The van der Waals surface area contributed by atoms with Crippen molar-refractivity contribution in [2.75, 3.05) is 20.7 Å².